The first-order valence-corrected chi connectivity index (χ1v) is 7.69. The maximum absolute atomic E-state index is 12.7. The number of pyridine rings is 1. The molecule has 3 rings (SSSR count). The van der Waals surface area contributed by atoms with E-state index in [0.29, 0.717) is 35.6 Å². The van der Waals surface area contributed by atoms with Gasteiger partial charge in [-0.3, -0.25) is 0 Å². The minimum absolute atomic E-state index is 0. The summed E-state index contributed by atoms with van der Waals surface area (Å²) in [6.07, 6.45) is 3.17. The van der Waals surface area contributed by atoms with Crippen molar-refractivity contribution < 1.29 is 8.42 Å². The van der Waals surface area contributed by atoms with Crippen LogP contribution >= 0.6 is 12.4 Å². The number of fused-ring (bicyclic) bond motifs is 1. The molecule has 0 spiro atoms. The van der Waals surface area contributed by atoms with E-state index in [1.54, 1.807) is 22.6 Å². The predicted octanol–water partition coefficient (Wildman–Crippen LogP) is 0.967. The zero-order chi connectivity index (χ0) is 13.5. The average Bonchev–Trinajstić information content (AvgIpc) is 2.83. The van der Waals surface area contributed by atoms with Crippen molar-refractivity contribution in [2.75, 3.05) is 19.6 Å². The van der Waals surface area contributed by atoms with Gasteiger partial charge >= 0.3 is 0 Å². The van der Waals surface area contributed by atoms with Gasteiger partial charge in [0.05, 0.1) is 0 Å². The number of hydrogen-bond donors (Lipinski definition) is 2. The molecule has 110 valence electrons. The van der Waals surface area contributed by atoms with Crippen LogP contribution in [0.5, 0.6) is 0 Å². The number of rotatable bonds is 2. The van der Waals surface area contributed by atoms with E-state index in [1.807, 2.05) is 6.92 Å². The van der Waals surface area contributed by atoms with Gasteiger partial charge in [0.15, 0.2) is 0 Å². The molecule has 0 amide bonds. The zero-order valence-corrected chi connectivity index (χ0v) is 12.7. The summed E-state index contributed by atoms with van der Waals surface area (Å²) in [7, 11) is -3.47. The Morgan fingerprint density at radius 3 is 3.00 bits per heavy atom. The Balaban J connectivity index is 0.00000147. The number of halogens is 1. The Kier molecular flexibility index (Phi) is 4.33. The van der Waals surface area contributed by atoms with E-state index in [4.69, 9.17) is 0 Å². The Morgan fingerprint density at radius 1 is 1.45 bits per heavy atom. The molecule has 3 heterocycles. The SMILES string of the molecule is C[C@@H]1CNCCN1S(=O)(=O)c1c[nH]c2ncccc12.Cl. The van der Waals surface area contributed by atoms with Crippen LogP contribution in [0.25, 0.3) is 11.0 Å². The van der Waals surface area contributed by atoms with Crippen LogP contribution in [0.15, 0.2) is 29.4 Å². The minimum Gasteiger partial charge on any atom is -0.345 e. The summed E-state index contributed by atoms with van der Waals surface area (Å²) in [4.78, 5) is 7.35. The maximum Gasteiger partial charge on any atom is 0.245 e. The molecule has 6 nitrogen and oxygen atoms in total. The fourth-order valence-electron chi connectivity index (χ4n) is 2.45. The Hall–Kier alpha value is -1.15. The molecule has 0 aromatic carbocycles. The van der Waals surface area contributed by atoms with Crippen molar-refractivity contribution >= 4 is 33.5 Å². The highest BCUT2D eigenvalue weighted by atomic mass is 35.5. The molecule has 0 aliphatic carbocycles. The fourth-order valence-corrected chi connectivity index (χ4v) is 4.23. The van der Waals surface area contributed by atoms with Gasteiger partial charge < -0.3 is 10.3 Å². The summed E-state index contributed by atoms with van der Waals surface area (Å²) >= 11 is 0. The molecule has 8 heteroatoms. The van der Waals surface area contributed by atoms with Crippen LogP contribution in [-0.2, 0) is 10.0 Å². The first-order valence-electron chi connectivity index (χ1n) is 6.25. The average molecular weight is 317 g/mol. The maximum atomic E-state index is 12.7. The van der Waals surface area contributed by atoms with Gasteiger partial charge in [-0.05, 0) is 19.1 Å². The molecule has 2 aromatic heterocycles. The molecular formula is C12H17ClN4O2S. The monoisotopic (exact) mass is 316 g/mol. The molecule has 1 atom stereocenters. The van der Waals surface area contributed by atoms with Gasteiger partial charge in [0, 0.05) is 43.5 Å². The van der Waals surface area contributed by atoms with Gasteiger partial charge in [-0.1, -0.05) is 0 Å². The van der Waals surface area contributed by atoms with Crippen LogP contribution in [0.1, 0.15) is 6.92 Å². The Bertz CT molecular complexity index is 700. The normalized spacial score (nSPS) is 20.8. The lowest BCUT2D eigenvalue weighted by molar-refractivity contribution is 0.284. The third kappa shape index (κ3) is 2.42. The van der Waals surface area contributed by atoms with Gasteiger partial charge in [0.2, 0.25) is 10.0 Å². The highest BCUT2D eigenvalue weighted by Crippen LogP contribution is 2.25. The summed E-state index contributed by atoms with van der Waals surface area (Å²) in [5.41, 5.74) is 0.601. The molecule has 2 aromatic rings. The molecule has 1 aliphatic rings. The number of aromatic amines is 1. The number of aromatic nitrogens is 2. The lowest BCUT2D eigenvalue weighted by Gasteiger charge is -2.32. The third-order valence-corrected chi connectivity index (χ3v) is 5.49. The fraction of sp³-hybridized carbons (Fsp3) is 0.417. The van der Waals surface area contributed by atoms with E-state index in [0.717, 1.165) is 0 Å². The molecule has 2 N–H and O–H groups in total. The number of hydrogen-bond acceptors (Lipinski definition) is 4. The van der Waals surface area contributed by atoms with Gasteiger partial charge in [-0.25, -0.2) is 13.4 Å². The largest absolute Gasteiger partial charge is 0.345 e. The number of nitrogens with zero attached hydrogens (tertiary/aromatic N) is 2. The number of sulfonamides is 1. The molecule has 0 unspecified atom stereocenters. The van der Waals surface area contributed by atoms with Gasteiger partial charge in [-0.15, -0.1) is 12.4 Å². The molecule has 20 heavy (non-hydrogen) atoms. The van der Waals surface area contributed by atoms with Crippen molar-refractivity contribution in [3.63, 3.8) is 0 Å². The summed E-state index contributed by atoms with van der Waals surface area (Å²) in [6.45, 7) is 3.78. The van der Waals surface area contributed by atoms with Crippen LogP contribution in [0, 0.1) is 0 Å². The topological polar surface area (TPSA) is 78.1 Å². The van der Waals surface area contributed by atoms with Crippen LogP contribution in [0.3, 0.4) is 0 Å². The van der Waals surface area contributed by atoms with Gasteiger partial charge in [0.1, 0.15) is 10.5 Å². The molecule has 0 saturated carbocycles. The van der Waals surface area contributed by atoms with Crippen LogP contribution in [0.4, 0.5) is 0 Å². The van der Waals surface area contributed by atoms with Crippen LogP contribution in [0.2, 0.25) is 0 Å². The van der Waals surface area contributed by atoms with E-state index in [2.05, 4.69) is 15.3 Å². The van der Waals surface area contributed by atoms with Crippen molar-refractivity contribution in [1.82, 2.24) is 19.6 Å². The quantitative estimate of drug-likeness (QED) is 0.865. The van der Waals surface area contributed by atoms with Crippen molar-refractivity contribution in [2.45, 2.75) is 17.9 Å². The van der Waals surface area contributed by atoms with E-state index in [-0.39, 0.29) is 18.4 Å². The van der Waals surface area contributed by atoms with Crippen molar-refractivity contribution in [3.8, 4) is 0 Å². The third-order valence-electron chi connectivity index (χ3n) is 3.44. The number of nitrogens with one attached hydrogen (secondary N) is 2. The van der Waals surface area contributed by atoms with E-state index in [1.165, 1.54) is 6.20 Å². The zero-order valence-electron chi connectivity index (χ0n) is 11.0. The second-order valence-electron chi connectivity index (χ2n) is 4.72. The number of piperazine rings is 1. The lowest BCUT2D eigenvalue weighted by Crippen LogP contribution is -2.52. The van der Waals surface area contributed by atoms with Gasteiger partial charge in [0.25, 0.3) is 0 Å². The van der Waals surface area contributed by atoms with Crippen molar-refractivity contribution in [1.29, 1.82) is 0 Å². The standard InChI is InChI=1S/C12H16N4O2S.ClH/c1-9-7-13-5-6-16(9)19(17,18)11-8-15-12-10(11)3-2-4-14-12;/h2-4,8-9,13H,5-7H2,1H3,(H,14,15);1H/t9-;/m1./s1. The van der Waals surface area contributed by atoms with Crippen LogP contribution < -0.4 is 5.32 Å². The predicted molar refractivity (Wildman–Crippen MR) is 79.6 cm³/mol. The lowest BCUT2D eigenvalue weighted by atomic mass is 10.3. The molecule has 0 bridgehead atoms. The molecule has 0 radical (unpaired) electrons. The summed E-state index contributed by atoms with van der Waals surface area (Å²) in [5.74, 6) is 0. The van der Waals surface area contributed by atoms with Crippen molar-refractivity contribution in [2.24, 2.45) is 0 Å². The second-order valence-corrected chi connectivity index (χ2v) is 6.58. The molecular weight excluding hydrogens is 300 g/mol. The highest BCUT2D eigenvalue weighted by molar-refractivity contribution is 7.89. The Morgan fingerprint density at radius 2 is 2.25 bits per heavy atom. The summed E-state index contributed by atoms with van der Waals surface area (Å²) < 4.78 is 27.0. The Labute approximate surface area is 124 Å². The minimum atomic E-state index is -3.47. The molecule has 1 aliphatic heterocycles. The van der Waals surface area contributed by atoms with Crippen LogP contribution in [-0.4, -0.2) is 48.4 Å². The first-order chi connectivity index (χ1) is 9.10. The van der Waals surface area contributed by atoms with E-state index >= 15 is 0 Å². The number of H-pyrrole nitrogens is 1. The summed E-state index contributed by atoms with van der Waals surface area (Å²) in [5, 5.41) is 3.84. The smallest absolute Gasteiger partial charge is 0.245 e. The van der Waals surface area contributed by atoms with E-state index < -0.39 is 10.0 Å². The van der Waals surface area contributed by atoms with Crippen molar-refractivity contribution in [3.05, 3.63) is 24.5 Å². The second kappa shape index (κ2) is 5.69. The first kappa shape index (κ1) is 15.2. The van der Waals surface area contributed by atoms with Gasteiger partial charge in [-0.2, -0.15) is 4.31 Å². The van der Waals surface area contributed by atoms with E-state index in [9.17, 15) is 8.42 Å². The molecule has 1 saturated heterocycles. The summed E-state index contributed by atoms with van der Waals surface area (Å²) in [6, 6.07) is 3.48. The molecule has 1 fully saturated rings. The highest BCUT2D eigenvalue weighted by Gasteiger charge is 2.32.